The van der Waals surface area contributed by atoms with Gasteiger partial charge in [-0.25, -0.2) is 0 Å². The summed E-state index contributed by atoms with van der Waals surface area (Å²) in [6, 6.07) is -0.818. The van der Waals surface area contributed by atoms with E-state index in [2.05, 4.69) is 10.6 Å². The first kappa shape index (κ1) is 20.9. The van der Waals surface area contributed by atoms with Gasteiger partial charge in [-0.1, -0.05) is 12.2 Å². The van der Waals surface area contributed by atoms with Crippen LogP contribution < -0.4 is 10.6 Å². The Kier molecular flexibility index (Phi) is 5.97. The number of hydrogen-bond acceptors (Lipinski definition) is 5. The molecule has 1 aromatic rings. The van der Waals surface area contributed by atoms with Crippen molar-refractivity contribution in [3.05, 3.63) is 51.3 Å². The van der Waals surface area contributed by atoms with E-state index >= 15 is 0 Å². The minimum Gasteiger partial charge on any atom is -0.507 e. The molecular formula is C20H20F2N2O4S. The lowest BCUT2D eigenvalue weighted by molar-refractivity contribution is -0.134. The predicted molar refractivity (Wildman–Crippen MR) is 105 cm³/mol. The Morgan fingerprint density at radius 3 is 2.83 bits per heavy atom. The molecular weight excluding hydrogens is 402 g/mol. The number of aliphatic hydroxyl groups excluding tert-OH is 1. The molecule has 0 bridgehead atoms. The normalized spacial score (nSPS) is 23.9. The molecule has 1 fully saturated rings. The van der Waals surface area contributed by atoms with E-state index in [0.29, 0.717) is 16.0 Å². The minimum absolute atomic E-state index is 0.136. The average molecular weight is 422 g/mol. The summed E-state index contributed by atoms with van der Waals surface area (Å²) in [6.45, 7) is 1.49. The summed E-state index contributed by atoms with van der Waals surface area (Å²) in [5.41, 5.74) is 0.558. The summed E-state index contributed by atoms with van der Waals surface area (Å²) in [5, 5.41) is 16.7. The highest BCUT2D eigenvalue weighted by molar-refractivity contribution is 7.12. The first-order chi connectivity index (χ1) is 13.7. The molecule has 0 saturated carbocycles. The van der Waals surface area contributed by atoms with Gasteiger partial charge >= 0.3 is 0 Å². The first-order valence-electron chi connectivity index (χ1n) is 9.11. The average Bonchev–Trinajstić information content (AvgIpc) is 3.05. The summed E-state index contributed by atoms with van der Waals surface area (Å²) in [5.74, 6) is -4.99. The second-order valence-electron chi connectivity index (χ2n) is 6.78. The highest BCUT2D eigenvalue weighted by Gasteiger charge is 2.32. The van der Waals surface area contributed by atoms with Crippen molar-refractivity contribution >= 4 is 34.8 Å². The Labute approximate surface area is 170 Å². The summed E-state index contributed by atoms with van der Waals surface area (Å²) in [4.78, 5) is 36.1. The van der Waals surface area contributed by atoms with E-state index in [4.69, 9.17) is 0 Å². The number of carbonyl (C=O) groups is 3. The third-order valence-corrected chi connectivity index (χ3v) is 5.75. The zero-order chi connectivity index (χ0) is 21.2. The van der Waals surface area contributed by atoms with E-state index in [-0.39, 0.29) is 42.9 Å². The van der Waals surface area contributed by atoms with Gasteiger partial charge in [0.05, 0.1) is 4.88 Å². The van der Waals surface area contributed by atoms with Crippen molar-refractivity contribution in [1.82, 2.24) is 10.6 Å². The summed E-state index contributed by atoms with van der Waals surface area (Å²) in [6.07, 6.45) is 5.26. The third-order valence-electron chi connectivity index (χ3n) is 4.73. The fourth-order valence-corrected chi connectivity index (χ4v) is 4.30. The van der Waals surface area contributed by atoms with Crippen molar-refractivity contribution in [2.45, 2.75) is 44.6 Å². The molecule has 3 rings (SSSR count). The number of amides is 3. The molecule has 29 heavy (non-hydrogen) atoms. The number of alkyl halides is 2. The number of fused-ring (bicyclic) bond motifs is 1. The fraction of sp³-hybridized carbons (Fsp3) is 0.350. The Morgan fingerprint density at radius 2 is 2.14 bits per heavy atom. The lowest BCUT2D eigenvalue weighted by atomic mass is 9.95. The number of aliphatic hydroxyl groups is 1. The van der Waals surface area contributed by atoms with Gasteiger partial charge in [-0.15, -0.1) is 11.3 Å². The van der Waals surface area contributed by atoms with E-state index < -0.39 is 23.8 Å². The van der Waals surface area contributed by atoms with Crippen LogP contribution in [0.5, 0.6) is 0 Å². The molecule has 154 valence electrons. The molecule has 6 nitrogen and oxygen atoms in total. The van der Waals surface area contributed by atoms with Crippen molar-refractivity contribution in [1.29, 1.82) is 0 Å². The van der Waals surface area contributed by atoms with Gasteiger partial charge in [0.15, 0.2) is 0 Å². The van der Waals surface area contributed by atoms with E-state index in [1.54, 1.807) is 0 Å². The molecule has 0 aromatic carbocycles. The van der Waals surface area contributed by atoms with Gasteiger partial charge in [-0.2, -0.15) is 8.78 Å². The number of piperidine rings is 1. The number of nitrogens with one attached hydrogen (secondary N) is 2. The Bertz CT molecular complexity index is 946. The maximum absolute atomic E-state index is 14.2. The number of carbonyl (C=O) groups excluding carboxylic acids is 3. The molecule has 2 heterocycles. The van der Waals surface area contributed by atoms with Crippen LogP contribution in [0.3, 0.4) is 0 Å². The Hall–Kier alpha value is -2.81. The smallest absolute Gasteiger partial charge is 0.291 e. The molecule has 3 amide bonds. The van der Waals surface area contributed by atoms with Crippen molar-refractivity contribution in [2.75, 3.05) is 0 Å². The molecule has 0 spiro atoms. The minimum atomic E-state index is -3.21. The molecule has 1 aromatic heterocycles. The number of imide groups is 1. The number of allylic oxidation sites excluding steroid dienone is 5. The van der Waals surface area contributed by atoms with Gasteiger partial charge in [-0.05, 0) is 43.9 Å². The van der Waals surface area contributed by atoms with Gasteiger partial charge in [0, 0.05) is 22.9 Å². The van der Waals surface area contributed by atoms with Gasteiger partial charge < -0.3 is 10.4 Å². The molecule has 2 aliphatic rings. The summed E-state index contributed by atoms with van der Waals surface area (Å²) >= 11 is 1.07. The van der Waals surface area contributed by atoms with Crippen molar-refractivity contribution in [2.24, 2.45) is 0 Å². The zero-order valence-electron chi connectivity index (χ0n) is 15.6. The quantitative estimate of drug-likeness (QED) is 0.513. The summed E-state index contributed by atoms with van der Waals surface area (Å²) < 4.78 is 28.4. The van der Waals surface area contributed by atoms with Crippen molar-refractivity contribution in [3.63, 3.8) is 0 Å². The first-order valence-corrected chi connectivity index (χ1v) is 9.99. The topological polar surface area (TPSA) is 95.5 Å². The van der Waals surface area contributed by atoms with Crippen LogP contribution >= 0.6 is 11.3 Å². The number of thiophene rings is 1. The van der Waals surface area contributed by atoms with Crippen molar-refractivity contribution < 1.29 is 28.3 Å². The highest BCUT2D eigenvalue weighted by Crippen LogP contribution is 2.35. The Balaban J connectivity index is 1.84. The molecule has 1 aliphatic carbocycles. The van der Waals surface area contributed by atoms with Gasteiger partial charge in [0.25, 0.3) is 11.8 Å². The van der Waals surface area contributed by atoms with Crippen LogP contribution in [0.25, 0.3) is 5.76 Å². The predicted octanol–water partition coefficient (Wildman–Crippen LogP) is 3.27. The van der Waals surface area contributed by atoms with Crippen LogP contribution in [0.1, 0.15) is 47.0 Å². The molecule has 1 saturated heterocycles. The fourth-order valence-electron chi connectivity index (χ4n) is 3.29. The zero-order valence-corrected chi connectivity index (χ0v) is 16.4. The number of hydrogen-bond donors (Lipinski definition) is 3. The van der Waals surface area contributed by atoms with E-state index in [1.807, 2.05) is 0 Å². The molecule has 0 radical (unpaired) electrons. The largest absolute Gasteiger partial charge is 0.507 e. The van der Waals surface area contributed by atoms with Crippen LogP contribution in [0.15, 0.2) is 35.3 Å². The number of rotatable bonds is 4. The lowest BCUT2D eigenvalue weighted by Crippen LogP contribution is -2.52. The second-order valence-corrected chi connectivity index (χ2v) is 7.66. The van der Waals surface area contributed by atoms with Crippen molar-refractivity contribution in [3.8, 4) is 0 Å². The maximum atomic E-state index is 14.2. The molecule has 1 atom stereocenters. The van der Waals surface area contributed by atoms with Gasteiger partial charge in [-0.3, -0.25) is 19.7 Å². The van der Waals surface area contributed by atoms with Crippen LogP contribution in [0.2, 0.25) is 0 Å². The van der Waals surface area contributed by atoms with Gasteiger partial charge in [0.1, 0.15) is 11.8 Å². The highest BCUT2D eigenvalue weighted by atomic mass is 32.1. The summed E-state index contributed by atoms with van der Waals surface area (Å²) in [7, 11) is 0. The van der Waals surface area contributed by atoms with Crippen LogP contribution in [0, 0.1) is 0 Å². The van der Waals surface area contributed by atoms with Crippen LogP contribution in [-0.4, -0.2) is 34.8 Å². The molecule has 3 N–H and O–H groups in total. The van der Waals surface area contributed by atoms with Crippen LogP contribution in [-0.2, 0) is 16.0 Å². The standard InChI is InChI=1S/C20H20F2N2O4S/c1-2-8-20(21,22)11-4-3-5-12-13(15(25)9-11)10-29-17(12)19(28)23-14-6-7-16(26)24-18(14)27/h2,4,8-10,14,25H,3,5-7H2,1H3,(H,23,28)(H,24,26,27)/b8-2+,11-4+,15-9+. The second kappa shape index (κ2) is 8.28. The van der Waals surface area contributed by atoms with E-state index in [9.17, 15) is 28.3 Å². The maximum Gasteiger partial charge on any atom is 0.291 e. The van der Waals surface area contributed by atoms with E-state index in [1.165, 1.54) is 24.5 Å². The SMILES string of the molecule is C/C=C/C(F)(F)C1=C/CCc2c(csc2C(=O)NC2CCC(=O)NC2=O)/C(O)=C\1. The van der Waals surface area contributed by atoms with Crippen LogP contribution in [0.4, 0.5) is 8.78 Å². The number of halogens is 2. The lowest BCUT2D eigenvalue weighted by Gasteiger charge is -2.22. The van der Waals surface area contributed by atoms with E-state index in [0.717, 1.165) is 23.5 Å². The monoisotopic (exact) mass is 422 g/mol. The Morgan fingerprint density at radius 1 is 1.38 bits per heavy atom. The molecule has 9 heteroatoms. The van der Waals surface area contributed by atoms with Gasteiger partial charge in [0.2, 0.25) is 11.8 Å². The molecule has 1 unspecified atom stereocenters. The third kappa shape index (κ3) is 4.45. The molecule has 1 aliphatic heterocycles.